The fourth-order valence-corrected chi connectivity index (χ4v) is 4.30. The van der Waals surface area contributed by atoms with Crippen LogP contribution in [0.3, 0.4) is 0 Å². The molecule has 0 spiro atoms. The number of thioether (sulfide) groups is 1. The Morgan fingerprint density at radius 2 is 1.73 bits per heavy atom. The molecule has 0 aliphatic carbocycles. The van der Waals surface area contributed by atoms with Crippen LogP contribution in [-0.4, -0.2) is 21.9 Å². The summed E-state index contributed by atoms with van der Waals surface area (Å²) >= 11 is 1.53. The maximum Gasteiger partial charge on any atom is 0.266 e. The molecule has 0 amide bonds. The molecule has 0 bridgehead atoms. The fraction of sp³-hybridized carbons (Fsp3) is 0.200. The highest BCUT2D eigenvalue weighted by Crippen LogP contribution is 2.24. The first-order chi connectivity index (χ1) is 14.5. The van der Waals surface area contributed by atoms with Gasteiger partial charge in [0.2, 0.25) is 0 Å². The van der Waals surface area contributed by atoms with Gasteiger partial charge in [0, 0.05) is 5.75 Å². The van der Waals surface area contributed by atoms with Crippen molar-refractivity contribution >= 4 is 22.7 Å². The molecule has 30 heavy (non-hydrogen) atoms. The van der Waals surface area contributed by atoms with Gasteiger partial charge in [-0.25, -0.2) is 4.98 Å². The van der Waals surface area contributed by atoms with Crippen LogP contribution < -0.4 is 10.3 Å². The molecule has 0 saturated carbocycles. The Hall–Kier alpha value is -3.05. The van der Waals surface area contributed by atoms with Gasteiger partial charge in [-0.15, -0.1) is 0 Å². The average Bonchev–Trinajstić information content (AvgIpc) is 2.72. The Morgan fingerprint density at radius 3 is 2.53 bits per heavy atom. The standard InChI is InChI=1S/C25H24N2O2S/c1-17-7-6-8-20(16-17)29-13-14-30-25-26-22-10-5-4-9-21(22)24(28)27(25)23-12-11-18(2)15-19(23)3/h4-12,15-16H,13-14H2,1-3H3. The van der Waals surface area contributed by atoms with E-state index >= 15 is 0 Å². The van der Waals surface area contributed by atoms with Crippen molar-refractivity contribution in [1.82, 2.24) is 9.55 Å². The van der Waals surface area contributed by atoms with E-state index in [0.29, 0.717) is 28.4 Å². The lowest BCUT2D eigenvalue weighted by molar-refractivity contribution is 0.343. The molecule has 0 saturated heterocycles. The zero-order valence-electron chi connectivity index (χ0n) is 17.4. The highest BCUT2D eigenvalue weighted by Gasteiger charge is 2.15. The maximum atomic E-state index is 13.4. The summed E-state index contributed by atoms with van der Waals surface area (Å²) < 4.78 is 7.61. The molecule has 0 radical (unpaired) electrons. The zero-order chi connectivity index (χ0) is 21.1. The lowest BCUT2D eigenvalue weighted by Crippen LogP contribution is -2.22. The monoisotopic (exact) mass is 416 g/mol. The van der Waals surface area contributed by atoms with E-state index in [0.717, 1.165) is 17.0 Å². The third kappa shape index (κ3) is 4.26. The van der Waals surface area contributed by atoms with Crippen LogP contribution in [0.25, 0.3) is 16.6 Å². The molecule has 0 atom stereocenters. The van der Waals surface area contributed by atoms with Gasteiger partial charge in [-0.2, -0.15) is 0 Å². The van der Waals surface area contributed by atoms with Gasteiger partial charge >= 0.3 is 0 Å². The third-order valence-corrected chi connectivity index (χ3v) is 5.81. The Labute approximate surface area is 180 Å². The van der Waals surface area contributed by atoms with Crippen molar-refractivity contribution < 1.29 is 4.74 Å². The van der Waals surface area contributed by atoms with E-state index in [1.54, 1.807) is 4.57 Å². The van der Waals surface area contributed by atoms with Crippen LogP contribution in [-0.2, 0) is 0 Å². The largest absolute Gasteiger partial charge is 0.493 e. The summed E-state index contributed by atoms with van der Waals surface area (Å²) in [4.78, 5) is 18.2. The molecule has 4 aromatic rings. The Kier molecular flexibility index (Phi) is 5.91. The Morgan fingerprint density at radius 1 is 0.933 bits per heavy atom. The zero-order valence-corrected chi connectivity index (χ0v) is 18.2. The normalized spacial score (nSPS) is 11.0. The number of nitrogens with zero attached hydrogens (tertiary/aromatic N) is 2. The predicted octanol–water partition coefficient (Wildman–Crippen LogP) is 5.48. The van der Waals surface area contributed by atoms with Crippen molar-refractivity contribution in [2.45, 2.75) is 25.9 Å². The van der Waals surface area contributed by atoms with Crippen molar-refractivity contribution in [3.05, 3.63) is 93.8 Å². The average molecular weight is 417 g/mol. The van der Waals surface area contributed by atoms with E-state index in [1.807, 2.05) is 74.5 Å². The number of ether oxygens (including phenoxy) is 1. The molecule has 3 aromatic carbocycles. The first-order valence-electron chi connectivity index (χ1n) is 9.94. The van der Waals surface area contributed by atoms with Gasteiger partial charge in [-0.1, -0.05) is 53.7 Å². The van der Waals surface area contributed by atoms with Gasteiger partial charge in [0.15, 0.2) is 5.16 Å². The van der Waals surface area contributed by atoms with Crippen LogP contribution in [0.4, 0.5) is 0 Å². The van der Waals surface area contributed by atoms with E-state index < -0.39 is 0 Å². The first-order valence-corrected chi connectivity index (χ1v) is 10.9. The minimum absolute atomic E-state index is 0.0466. The molecular weight excluding hydrogens is 392 g/mol. The molecule has 0 aliphatic rings. The van der Waals surface area contributed by atoms with Crippen LogP contribution in [0.5, 0.6) is 5.75 Å². The van der Waals surface area contributed by atoms with E-state index in [-0.39, 0.29) is 5.56 Å². The highest BCUT2D eigenvalue weighted by molar-refractivity contribution is 7.99. The van der Waals surface area contributed by atoms with Crippen molar-refractivity contribution in [3.63, 3.8) is 0 Å². The Bertz CT molecular complexity index is 1260. The van der Waals surface area contributed by atoms with Crippen molar-refractivity contribution in [2.24, 2.45) is 0 Å². The third-order valence-electron chi connectivity index (χ3n) is 4.91. The van der Waals surface area contributed by atoms with E-state index in [4.69, 9.17) is 9.72 Å². The van der Waals surface area contributed by atoms with E-state index in [1.165, 1.54) is 22.9 Å². The molecule has 1 aromatic heterocycles. The van der Waals surface area contributed by atoms with Crippen molar-refractivity contribution in [2.75, 3.05) is 12.4 Å². The number of aromatic nitrogens is 2. The van der Waals surface area contributed by atoms with Crippen molar-refractivity contribution in [1.29, 1.82) is 0 Å². The second-order valence-electron chi connectivity index (χ2n) is 7.36. The molecule has 152 valence electrons. The maximum absolute atomic E-state index is 13.4. The quantitative estimate of drug-likeness (QED) is 0.237. The molecule has 1 heterocycles. The molecular formula is C25H24N2O2S. The molecule has 0 N–H and O–H groups in total. The van der Waals surface area contributed by atoms with Crippen LogP contribution in [0, 0.1) is 20.8 Å². The lowest BCUT2D eigenvalue weighted by atomic mass is 10.1. The number of benzene rings is 3. The molecule has 0 unspecified atom stereocenters. The van der Waals surface area contributed by atoms with Gasteiger partial charge < -0.3 is 4.74 Å². The molecule has 5 heteroatoms. The summed E-state index contributed by atoms with van der Waals surface area (Å²) in [5.74, 6) is 1.54. The van der Waals surface area contributed by atoms with E-state index in [9.17, 15) is 4.79 Å². The molecule has 0 fully saturated rings. The van der Waals surface area contributed by atoms with Crippen LogP contribution in [0.15, 0.2) is 76.7 Å². The van der Waals surface area contributed by atoms with Crippen LogP contribution in [0.1, 0.15) is 16.7 Å². The SMILES string of the molecule is Cc1cccc(OCCSc2nc3ccccc3c(=O)n2-c2ccc(C)cc2C)c1. The molecule has 4 rings (SSSR count). The van der Waals surface area contributed by atoms with Gasteiger partial charge in [0.1, 0.15) is 5.75 Å². The number of hydrogen-bond donors (Lipinski definition) is 0. The minimum Gasteiger partial charge on any atom is -0.493 e. The number of fused-ring (bicyclic) bond motifs is 1. The fourth-order valence-electron chi connectivity index (χ4n) is 3.48. The van der Waals surface area contributed by atoms with Crippen LogP contribution in [0.2, 0.25) is 0 Å². The summed E-state index contributed by atoms with van der Waals surface area (Å²) in [5.41, 5.74) is 4.91. The smallest absolute Gasteiger partial charge is 0.266 e. The number of hydrogen-bond acceptors (Lipinski definition) is 4. The Balaban J connectivity index is 1.66. The predicted molar refractivity (Wildman–Crippen MR) is 124 cm³/mol. The highest BCUT2D eigenvalue weighted by atomic mass is 32.2. The molecule has 0 aliphatic heterocycles. The summed E-state index contributed by atoms with van der Waals surface area (Å²) in [6, 6.07) is 21.6. The van der Waals surface area contributed by atoms with Crippen LogP contribution >= 0.6 is 11.8 Å². The summed E-state index contributed by atoms with van der Waals surface area (Å²) in [6.45, 7) is 6.66. The summed E-state index contributed by atoms with van der Waals surface area (Å²) in [5, 5.41) is 1.30. The second kappa shape index (κ2) is 8.76. The molecule has 4 nitrogen and oxygen atoms in total. The number of rotatable bonds is 6. The summed E-state index contributed by atoms with van der Waals surface area (Å²) in [7, 11) is 0. The minimum atomic E-state index is -0.0466. The van der Waals surface area contributed by atoms with E-state index in [2.05, 4.69) is 13.0 Å². The number of para-hydroxylation sites is 1. The summed E-state index contributed by atoms with van der Waals surface area (Å²) in [6.07, 6.45) is 0. The van der Waals surface area contributed by atoms with Gasteiger partial charge in [-0.3, -0.25) is 9.36 Å². The first kappa shape index (κ1) is 20.2. The van der Waals surface area contributed by atoms with Crippen molar-refractivity contribution in [3.8, 4) is 11.4 Å². The van der Waals surface area contributed by atoms with Gasteiger partial charge in [0.25, 0.3) is 5.56 Å². The second-order valence-corrected chi connectivity index (χ2v) is 8.42. The number of aryl methyl sites for hydroxylation is 3. The van der Waals surface area contributed by atoms with Gasteiger partial charge in [-0.05, 0) is 62.2 Å². The topological polar surface area (TPSA) is 44.1 Å². The van der Waals surface area contributed by atoms with Gasteiger partial charge in [0.05, 0.1) is 23.2 Å². The lowest BCUT2D eigenvalue weighted by Gasteiger charge is -2.16.